The fraction of sp³-hybridized carbons (Fsp3) is 0.429. The normalized spacial score (nSPS) is 10.0. The summed E-state index contributed by atoms with van der Waals surface area (Å²) in [5.41, 5.74) is 1.02. The molecule has 0 aliphatic rings. The Hall–Kier alpha value is -1.88. The molecule has 0 heterocycles. The second-order valence-electron chi connectivity index (χ2n) is 4.12. The zero-order valence-corrected chi connectivity index (χ0v) is 11.3. The van der Waals surface area contributed by atoms with Crippen LogP contribution < -0.4 is 0 Å². The summed E-state index contributed by atoms with van der Waals surface area (Å²) in [5.74, 6) is -0.482. The molecule has 1 rings (SSSR count). The molecule has 0 atom stereocenters. The second-order valence-corrected chi connectivity index (χ2v) is 4.12. The number of hydrogen-bond donors (Lipinski definition) is 0. The van der Waals surface area contributed by atoms with E-state index in [4.69, 9.17) is 4.74 Å². The number of rotatable bonds is 7. The molecule has 0 aromatic heterocycles. The van der Waals surface area contributed by atoms with Gasteiger partial charge in [0.25, 0.3) is 0 Å². The highest BCUT2D eigenvalue weighted by molar-refractivity contribution is 5.78. The van der Waals surface area contributed by atoms with Gasteiger partial charge in [-0.15, -0.1) is 0 Å². The Morgan fingerprint density at radius 3 is 2.53 bits per heavy atom. The smallest absolute Gasteiger partial charge is 0.307 e. The number of nitrogens with zero attached hydrogens (tertiary/aromatic N) is 1. The van der Waals surface area contributed by atoms with Crippen molar-refractivity contribution in [3.63, 3.8) is 0 Å². The summed E-state index contributed by atoms with van der Waals surface area (Å²) in [6, 6.07) is 9.64. The van der Waals surface area contributed by atoms with Crippen LogP contribution in [0.15, 0.2) is 30.3 Å². The Bertz CT molecular complexity index is 405. The van der Waals surface area contributed by atoms with Crippen molar-refractivity contribution < 1.29 is 19.1 Å². The van der Waals surface area contributed by atoms with E-state index in [9.17, 15) is 9.59 Å². The average Bonchev–Trinajstić information content (AvgIpc) is 2.45. The SMILES string of the molecule is COC(=O)CCN(C)C(=O)COCc1ccccc1. The quantitative estimate of drug-likeness (QED) is 0.696. The molecule has 1 amide bonds. The van der Waals surface area contributed by atoms with Gasteiger partial charge in [-0.25, -0.2) is 0 Å². The van der Waals surface area contributed by atoms with Crippen molar-refractivity contribution >= 4 is 11.9 Å². The summed E-state index contributed by atoms with van der Waals surface area (Å²) in [7, 11) is 2.96. The van der Waals surface area contributed by atoms with Gasteiger partial charge in [0.2, 0.25) is 5.91 Å². The summed E-state index contributed by atoms with van der Waals surface area (Å²) in [6.07, 6.45) is 0.192. The maximum Gasteiger partial charge on any atom is 0.307 e. The van der Waals surface area contributed by atoms with E-state index >= 15 is 0 Å². The molecule has 0 bridgehead atoms. The molecule has 0 saturated carbocycles. The van der Waals surface area contributed by atoms with Crippen molar-refractivity contribution in [3.05, 3.63) is 35.9 Å². The van der Waals surface area contributed by atoms with Gasteiger partial charge in [-0.05, 0) is 5.56 Å². The number of likely N-dealkylation sites (N-methyl/N-ethyl adjacent to an activating group) is 1. The third-order valence-electron chi connectivity index (χ3n) is 2.64. The van der Waals surface area contributed by atoms with Gasteiger partial charge in [-0.1, -0.05) is 30.3 Å². The van der Waals surface area contributed by atoms with Gasteiger partial charge in [0.1, 0.15) is 6.61 Å². The first-order chi connectivity index (χ1) is 9.13. The van der Waals surface area contributed by atoms with Gasteiger partial charge in [-0.2, -0.15) is 0 Å². The minimum Gasteiger partial charge on any atom is -0.469 e. The predicted molar refractivity (Wildman–Crippen MR) is 70.4 cm³/mol. The topological polar surface area (TPSA) is 55.8 Å². The minimum absolute atomic E-state index is 0.00651. The molecule has 19 heavy (non-hydrogen) atoms. The Balaban J connectivity index is 2.21. The number of ether oxygens (including phenoxy) is 2. The standard InChI is InChI=1S/C14H19NO4/c1-15(9-8-14(17)18-2)13(16)11-19-10-12-6-4-3-5-7-12/h3-7H,8-11H2,1-2H3. The van der Waals surface area contributed by atoms with Crippen LogP contribution >= 0.6 is 0 Å². The van der Waals surface area contributed by atoms with Crippen molar-refractivity contribution in [2.45, 2.75) is 13.0 Å². The van der Waals surface area contributed by atoms with Crippen LogP contribution in [0.3, 0.4) is 0 Å². The molecular formula is C14H19NO4. The molecule has 5 nitrogen and oxygen atoms in total. The van der Waals surface area contributed by atoms with E-state index in [1.54, 1.807) is 7.05 Å². The largest absolute Gasteiger partial charge is 0.469 e. The first-order valence-electron chi connectivity index (χ1n) is 6.06. The summed E-state index contributed by atoms with van der Waals surface area (Å²) in [5, 5.41) is 0. The molecule has 0 spiro atoms. The zero-order valence-electron chi connectivity index (χ0n) is 11.3. The number of carbonyl (C=O) groups is 2. The summed E-state index contributed by atoms with van der Waals surface area (Å²) in [6.45, 7) is 0.740. The van der Waals surface area contributed by atoms with E-state index in [2.05, 4.69) is 4.74 Å². The Morgan fingerprint density at radius 1 is 1.21 bits per heavy atom. The first kappa shape index (κ1) is 15.2. The van der Waals surface area contributed by atoms with Gasteiger partial charge >= 0.3 is 5.97 Å². The van der Waals surface area contributed by atoms with E-state index in [0.29, 0.717) is 13.2 Å². The monoisotopic (exact) mass is 265 g/mol. The van der Waals surface area contributed by atoms with Crippen LogP contribution in [0.1, 0.15) is 12.0 Å². The van der Waals surface area contributed by atoms with E-state index in [-0.39, 0.29) is 24.9 Å². The lowest BCUT2D eigenvalue weighted by Gasteiger charge is -2.16. The Morgan fingerprint density at radius 2 is 1.89 bits per heavy atom. The lowest BCUT2D eigenvalue weighted by atomic mass is 10.2. The molecule has 104 valence electrons. The molecule has 1 aromatic carbocycles. The Kier molecular flexibility index (Phi) is 6.60. The molecule has 0 radical (unpaired) electrons. The van der Waals surface area contributed by atoms with Crippen LogP contribution in [0.5, 0.6) is 0 Å². The molecule has 0 N–H and O–H groups in total. The third-order valence-corrected chi connectivity index (χ3v) is 2.64. The summed E-state index contributed by atoms with van der Waals surface area (Å²) >= 11 is 0. The number of methoxy groups -OCH3 is 1. The van der Waals surface area contributed by atoms with E-state index < -0.39 is 0 Å². The van der Waals surface area contributed by atoms with Crippen molar-refractivity contribution in [2.24, 2.45) is 0 Å². The first-order valence-corrected chi connectivity index (χ1v) is 6.06. The highest BCUT2D eigenvalue weighted by atomic mass is 16.5. The van der Waals surface area contributed by atoms with E-state index in [1.165, 1.54) is 12.0 Å². The van der Waals surface area contributed by atoms with Crippen LogP contribution in [-0.4, -0.2) is 44.1 Å². The van der Waals surface area contributed by atoms with Crippen LogP contribution in [0.4, 0.5) is 0 Å². The minimum atomic E-state index is -0.329. The van der Waals surface area contributed by atoms with Crippen LogP contribution in [0.25, 0.3) is 0 Å². The molecule has 0 unspecified atom stereocenters. The number of amides is 1. The van der Waals surface area contributed by atoms with E-state index in [0.717, 1.165) is 5.56 Å². The van der Waals surface area contributed by atoms with Crippen LogP contribution in [-0.2, 0) is 25.7 Å². The zero-order chi connectivity index (χ0) is 14.1. The lowest BCUT2D eigenvalue weighted by molar-refractivity contribution is -0.142. The molecule has 0 aliphatic carbocycles. The lowest BCUT2D eigenvalue weighted by Crippen LogP contribution is -2.32. The number of benzene rings is 1. The van der Waals surface area contributed by atoms with Gasteiger partial charge in [0, 0.05) is 13.6 Å². The van der Waals surface area contributed by atoms with Crippen molar-refractivity contribution in [2.75, 3.05) is 27.3 Å². The molecular weight excluding hydrogens is 246 g/mol. The van der Waals surface area contributed by atoms with Crippen LogP contribution in [0.2, 0.25) is 0 Å². The van der Waals surface area contributed by atoms with Crippen molar-refractivity contribution in [1.82, 2.24) is 4.90 Å². The highest BCUT2D eigenvalue weighted by Gasteiger charge is 2.10. The fourth-order valence-corrected chi connectivity index (χ4v) is 1.43. The van der Waals surface area contributed by atoms with Crippen LogP contribution in [0, 0.1) is 0 Å². The third kappa shape index (κ3) is 6.01. The molecule has 0 saturated heterocycles. The fourth-order valence-electron chi connectivity index (χ4n) is 1.43. The molecule has 0 aliphatic heterocycles. The summed E-state index contributed by atoms with van der Waals surface area (Å²) < 4.78 is 9.84. The van der Waals surface area contributed by atoms with Gasteiger partial charge < -0.3 is 14.4 Å². The predicted octanol–water partition coefficient (Wildman–Crippen LogP) is 1.22. The van der Waals surface area contributed by atoms with Crippen molar-refractivity contribution in [1.29, 1.82) is 0 Å². The maximum absolute atomic E-state index is 11.7. The number of hydrogen-bond acceptors (Lipinski definition) is 4. The molecule has 5 heteroatoms. The number of carbonyl (C=O) groups excluding carboxylic acids is 2. The second kappa shape index (κ2) is 8.26. The molecule has 1 aromatic rings. The van der Waals surface area contributed by atoms with Crippen molar-refractivity contribution in [3.8, 4) is 0 Å². The van der Waals surface area contributed by atoms with E-state index in [1.807, 2.05) is 30.3 Å². The Labute approximate surface area is 113 Å². The summed E-state index contributed by atoms with van der Waals surface area (Å²) in [4.78, 5) is 24.1. The average molecular weight is 265 g/mol. The van der Waals surface area contributed by atoms with Gasteiger partial charge in [0.15, 0.2) is 0 Å². The van der Waals surface area contributed by atoms with Gasteiger partial charge in [0.05, 0.1) is 20.1 Å². The van der Waals surface area contributed by atoms with Gasteiger partial charge in [-0.3, -0.25) is 9.59 Å². The maximum atomic E-state index is 11.7. The highest BCUT2D eigenvalue weighted by Crippen LogP contribution is 2.01. The number of esters is 1. The molecule has 0 fully saturated rings.